The molecule has 0 aromatic carbocycles. The molecule has 7 nitrogen and oxygen atoms in total. The lowest BCUT2D eigenvalue weighted by Crippen LogP contribution is -2.35. The monoisotopic (exact) mass is 322 g/mol. The molecule has 2 saturated heterocycles. The quantitative estimate of drug-likeness (QED) is 0.707. The van der Waals surface area contributed by atoms with Crippen molar-refractivity contribution in [2.24, 2.45) is 0 Å². The van der Waals surface area contributed by atoms with Crippen LogP contribution < -0.4 is 10.6 Å². The van der Waals surface area contributed by atoms with Crippen LogP contribution in [0.5, 0.6) is 0 Å². The predicted octanol–water partition coefficient (Wildman–Crippen LogP) is 0.503. The van der Waals surface area contributed by atoms with Crippen LogP contribution in [0.15, 0.2) is 10.6 Å². The highest BCUT2D eigenvalue weighted by molar-refractivity contribution is 5.92. The van der Waals surface area contributed by atoms with Gasteiger partial charge in [-0.05, 0) is 38.6 Å². The summed E-state index contributed by atoms with van der Waals surface area (Å²) in [7, 11) is 0. The summed E-state index contributed by atoms with van der Waals surface area (Å²) < 4.78 is 5.27. The topological polar surface area (TPSA) is 90.6 Å². The molecular weight excluding hydrogens is 296 g/mol. The zero-order chi connectivity index (χ0) is 16.1. The molecule has 0 bridgehead atoms. The standard InChI is InChI=1S/C16H26N4O3/c21-13-4-8-20(9-5-13)11-14-10-15(19-23-14)16(22)18-7-3-12-2-1-6-17-12/h10,12-13,17,21H,1-9,11H2,(H,18,22). The van der Waals surface area contributed by atoms with Crippen LogP contribution in [0.25, 0.3) is 0 Å². The molecule has 3 N–H and O–H groups in total. The van der Waals surface area contributed by atoms with Crippen molar-refractivity contribution in [2.75, 3.05) is 26.2 Å². The molecule has 1 aromatic heterocycles. The Labute approximate surface area is 136 Å². The van der Waals surface area contributed by atoms with Crippen LogP contribution in [-0.4, -0.2) is 59.4 Å². The van der Waals surface area contributed by atoms with Crippen molar-refractivity contribution in [3.63, 3.8) is 0 Å². The first-order valence-electron chi connectivity index (χ1n) is 8.58. The van der Waals surface area contributed by atoms with Gasteiger partial charge in [0, 0.05) is 31.7 Å². The highest BCUT2D eigenvalue weighted by Gasteiger charge is 2.20. The molecule has 1 unspecified atom stereocenters. The van der Waals surface area contributed by atoms with Crippen molar-refractivity contribution in [3.8, 4) is 0 Å². The SMILES string of the molecule is O=C(NCCC1CCCN1)c1cc(CN2CCC(O)CC2)on1. The van der Waals surface area contributed by atoms with Crippen LogP contribution in [0.1, 0.15) is 48.4 Å². The van der Waals surface area contributed by atoms with Gasteiger partial charge in [-0.3, -0.25) is 9.69 Å². The van der Waals surface area contributed by atoms with Gasteiger partial charge in [-0.15, -0.1) is 0 Å². The van der Waals surface area contributed by atoms with Gasteiger partial charge in [0.1, 0.15) is 0 Å². The number of piperidine rings is 1. The van der Waals surface area contributed by atoms with Gasteiger partial charge in [-0.1, -0.05) is 5.16 Å². The highest BCUT2D eigenvalue weighted by Crippen LogP contribution is 2.14. The molecule has 1 atom stereocenters. The van der Waals surface area contributed by atoms with Gasteiger partial charge in [-0.25, -0.2) is 0 Å². The van der Waals surface area contributed by atoms with Crippen LogP contribution in [0.3, 0.4) is 0 Å². The molecule has 128 valence electrons. The van der Waals surface area contributed by atoms with Crippen LogP contribution in [-0.2, 0) is 6.54 Å². The minimum atomic E-state index is -0.184. The van der Waals surface area contributed by atoms with E-state index in [0.29, 0.717) is 30.6 Å². The van der Waals surface area contributed by atoms with Gasteiger partial charge in [0.05, 0.1) is 12.6 Å². The number of aliphatic hydroxyl groups is 1. The van der Waals surface area contributed by atoms with E-state index in [4.69, 9.17) is 4.52 Å². The fourth-order valence-electron chi connectivity index (χ4n) is 3.25. The Bertz CT molecular complexity index is 505. The normalized spacial score (nSPS) is 23.3. The second-order valence-corrected chi connectivity index (χ2v) is 6.52. The number of amides is 1. The van der Waals surface area contributed by atoms with Crippen molar-refractivity contribution >= 4 is 5.91 Å². The first kappa shape index (κ1) is 16.4. The second-order valence-electron chi connectivity index (χ2n) is 6.52. The summed E-state index contributed by atoms with van der Waals surface area (Å²) in [6.07, 6.45) is 4.75. The van der Waals surface area contributed by atoms with Gasteiger partial charge in [0.2, 0.25) is 0 Å². The summed E-state index contributed by atoms with van der Waals surface area (Å²) in [6, 6.07) is 2.24. The van der Waals surface area contributed by atoms with E-state index in [1.54, 1.807) is 6.07 Å². The third kappa shape index (κ3) is 4.76. The lowest BCUT2D eigenvalue weighted by molar-refractivity contribution is 0.0748. The summed E-state index contributed by atoms with van der Waals surface area (Å²) >= 11 is 0. The smallest absolute Gasteiger partial charge is 0.273 e. The molecule has 0 saturated carbocycles. The summed E-state index contributed by atoms with van der Waals surface area (Å²) in [4.78, 5) is 14.3. The molecular formula is C16H26N4O3. The number of hydrogen-bond donors (Lipinski definition) is 3. The number of carbonyl (C=O) groups is 1. The molecule has 0 spiro atoms. The molecule has 23 heavy (non-hydrogen) atoms. The van der Waals surface area contributed by atoms with Gasteiger partial charge in [-0.2, -0.15) is 0 Å². The first-order chi connectivity index (χ1) is 11.2. The second kappa shape index (κ2) is 7.90. The predicted molar refractivity (Wildman–Crippen MR) is 85.0 cm³/mol. The van der Waals surface area contributed by atoms with E-state index in [1.165, 1.54) is 12.8 Å². The van der Waals surface area contributed by atoms with Crippen molar-refractivity contribution in [1.29, 1.82) is 0 Å². The molecule has 1 amide bonds. The Hall–Kier alpha value is -1.44. The van der Waals surface area contributed by atoms with Crippen molar-refractivity contribution in [2.45, 2.75) is 50.8 Å². The number of aliphatic hydroxyl groups excluding tert-OH is 1. The Kier molecular flexibility index (Phi) is 5.64. The van der Waals surface area contributed by atoms with E-state index in [2.05, 4.69) is 20.7 Å². The number of carbonyl (C=O) groups excluding carboxylic acids is 1. The van der Waals surface area contributed by atoms with E-state index in [9.17, 15) is 9.90 Å². The zero-order valence-electron chi connectivity index (χ0n) is 13.5. The van der Waals surface area contributed by atoms with Crippen LogP contribution in [0, 0.1) is 0 Å². The highest BCUT2D eigenvalue weighted by atomic mass is 16.5. The Morgan fingerprint density at radius 1 is 1.43 bits per heavy atom. The van der Waals surface area contributed by atoms with Crippen molar-refractivity contribution < 1.29 is 14.4 Å². The number of hydrogen-bond acceptors (Lipinski definition) is 6. The average Bonchev–Trinajstić information content (AvgIpc) is 3.21. The van der Waals surface area contributed by atoms with Gasteiger partial charge < -0.3 is 20.3 Å². The van der Waals surface area contributed by atoms with Crippen LogP contribution in [0.2, 0.25) is 0 Å². The Morgan fingerprint density at radius 3 is 3.00 bits per heavy atom. The number of rotatable bonds is 6. The van der Waals surface area contributed by atoms with Gasteiger partial charge >= 0.3 is 0 Å². The lowest BCUT2D eigenvalue weighted by atomic mass is 10.1. The molecule has 1 aromatic rings. The molecule has 2 aliphatic rings. The molecule has 2 fully saturated rings. The fraction of sp³-hybridized carbons (Fsp3) is 0.750. The zero-order valence-corrected chi connectivity index (χ0v) is 13.5. The van der Waals surface area contributed by atoms with E-state index in [0.717, 1.165) is 38.9 Å². The van der Waals surface area contributed by atoms with E-state index in [-0.39, 0.29) is 12.0 Å². The molecule has 0 aliphatic carbocycles. The van der Waals surface area contributed by atoms with Crippen LogP contribution >= 0.6 is 0 Å². The maximum absolute atomic E-state index is 12.1. The fourth-order valence-corrected chi connectivity index (χ4v) is 3.25. The first-order valence-corrected chi connectivity index (χ1v) is 8.58. The summed E-state index contributed by atoms with van der Waals surface area (Å²) in [5.74, 6) is 0.524. The summed E-state index contributed by atoms with van der Waals surface area (Å²) in [5.41, 5.74) is 0.344. The van der Waals surface area contributed by atoms with Crippen molar-refractivity contribution in [1.82, 2.24) is 20.7 Å². The van der Waals surface area contributed by atoms with Crippen LogP contribution in [0.4, 0.5) is 0 Å². The van der Waals surface area contributed by atoms with Crippen molar-refractivity contribution in [3.05, 3.63) is 17.5 Å². The third-order valence-corrected chi connectivity index (χ3v) is 4.67. The minimum Gasteiger partial charge on any atom is -0.393 e. The molecule has 0 radical (unpaired) electrons. The lowest BCUT2D eigenvalue weighted by Gasteiger charge is -2.28. The van der Waals surface area contributed by atoms with Gasteiger partial charge in [0.15, 0.2) is 11.5 Å². The van der Waals surface area contributed by atoms with Gasteiger partial charge in [0.25, 0.3) is 5.91 Å². The average molecular weight is 322 g/mol. The largest absolute Gasteiger partial charge is 0.393 e. The molecule has 2 aliphatic heterocycles. The summed E-state index contributed by atoms with van der Waals surface area (Å²) in [6.45, 7) is 4.07. The van der Waals surface area contributed by atoms with E-state index >= 15 is 0 Å². The molecule has 3 rings (SSSR count). The number of nitrogens with one attached hydrogen (secondary N) is 2. The Morgan fingerprint density at radius 2 is 2.26 bits per heavy atom. The maximum atomic E-state index is 12.1. The minimum absolute atomic E-state index is 0.174. The number of likely N-dealkylation sites (tertiary alicyclic amines) is 1. The molecule has 3 heterocycles. The Balaban J connectivity index is 1.41. The molecule has 7 heteroatoms. The van der Waals surface area contributed by atoms with E-state index < -0.39 is 0 Å². The van der Waals surface area contributed by atoms with E-state index in [1.807, 2.05) is 0 Å². The maximum Gasteiger partial charge on any atom is 0.273 e. The third-order valence-electron chi connectivity index (χ3n) is 4.67. The number of aromatic nitrogens is 1. The number of nitrogens with zero attached hydrogens (tertiary/aromatic N) is 2. The summed E-state index contributed by atoms with van der Waals surface area (Å²) in [5, 5.41) is 19.7.